The van der Waals surface area contributed by atoms with Crippen molar-refractivity contribution in [3.8, 4) is 0 Å². The Hall–Kier alpha value is -2.13. The van der Waals surface area contributed by atoms with Crippen molar-refractivity contribution >= 4 is 35.8 Å². The third kappa shape index (κ3) is 8.78. The fourth-order valence-corrected chi connectivity index (χ4v) is 3.63. The molecule has 1 aliphatic rings. The van der Waals surface area contributed by atoms with Crippen molar-refractivity contribution < 1.29 is 9.53 Å². The second-order valence-corrected chi connectivity index (χ2v) is 8.15. The van der Waals surface area contributed by atoms with E-state index in [0.717, 1.165) is 25.9 Å². The Balaban J connectivity index is 0.00000363. The molecule has 1 heterocycles. The van der Waals surface area contributed by atoms with Gasteiger partial charge < -0.3 is 20.3 Å². The molecule has 3 rings (SSSR count). The van der Waals surface area contributed by atoms with Gasteiger partial charge in [-0.25, -0.2) is 4.99 Å². The predicted molar refractivity (Wildman–Crippen MR) is 141 cm³/mol. The van der Waals surface area contributed by atoms with Crippen LogP contribution in [0.1, 0.15) is 29.9 Å². The third-order valence-electron chi connectivity index (χ3n) is 5.50. The molecule has 0 spiro atoms. The van der Waals surface area contributed by atoms with Gasteiger partial charge in [-0.1, -0.05) is 60.7 Å². The Kier molecular flexibility index (Phi) is 11.5. The van der Waals surface area contributed by atoms with E-state index in [4.69, 9.17) is 4.74 Å². The van der Waals surface area contributed by atoms with E-state index in [1.807, 2.05) is 12.1 Å². The maximum absolute atomic E-state index is 12.0. The second-order valence-electron chi connectivity index (χ2n) is 8.15. The van der Waals surface area contributed by atoms with Crippen molar-refractivity contribution in [3.63, 3.8) is 0 Å². The van der Waals surface area contributed by atoms with Crippen molar-refractivity contribution in [2.75, 3.05) is 40.3 Å². The van der Waals surface area contributed by atoms with Gasteiger partial charge in [-0.15, -0.1) is 24.0 Å². The fourth-order valence-electron chi connectivity index (χ4n) is 3.63. The lowest BCUT2D eigenvalue weighted by Gasteiger charge is -2.21. The van der Waals surface area contributed by atoms with Crippen molar-refractivity contribution in [2.24, 2.45) is 4.99 Å². The number of guanidine groups is 1. The molecule has 0 saturated carbocycles. The molecule has 2 N–H and O–H groups in total. The molecule has 0 aliphatic carbocycles. The number of hydrogen-bond acceptors (Lipinski definition) is 3. The van der Waals surface area contributed by atoms with Crippen molar-refractivity contribution in [1.82, 2.24) is 15.5 Å². The van der Waals surface area contributed by atoms with Crippen LogP contribution < -0.4 is 10.6 Å². The van der Waals surface area contributed by atoms with Crippen molar-refractivity contribution in [2.45, 2.75) is 31.3 Å². The van der Waals surface area contributed by atoms with E-state index in [1.54, 1.807) is 19.0 Å². The Morgan fingerprint density at radius 2 is 1.78 bits per heavy atom. The molecule has 1 fully saturated rings. The average Bonchev–Trinajstić information content (AvgIpc) is 3.32. The standard InChI is InChI=1S/C25H34N4O2.HI/c1-29(2)24(30)19-28-25(27-18-23-14-9-15-31-23)26-17-22(21-12-7-4-8-13-21)16-20-10-5-3-6-11-20;/h3-8,10-13,22-23H,9,14-19H2,1-2H3,(H2,26,27,28);1H. The molecule has 0 aromatic heterocycles. The third-order valence-corrected chi connectivity index (χ3v) is 5.50. The molecule has 6 nitrogen and oxygen atoms in total. The first kappa shape index (κ1) is 26.1. The molecule has 2 aromatic rings. The number of carbonyl (C=O) groups is 1. The summed E-state index contributed by atoms with van der Waals surface area (Å²) < 4.78 is 5.72. The molecule has 2 atom stereocenters. The SMILES string of the molecule is CN(C)C(=O)CN=C(NCC1CCCO1)NCC(Cc1ccccc1)c1ccccc1.I. The summed E-state index contributed by atoms with van der Waals surface area (Å²) in [6.45, 7) is 2.34. The number of nitrogens with zero attached hydrogens (tertiary/aromatic N) is 2. The predicted octanol–water partition coefficient (Wildman–Crippen LogP) is 3.43. The zero-order chi connectivity index (χ0) is 21.9. The van der Waals surface area contributed by atoms with E-state index in [-0.39, 0.29) is 48.5 Å². The molecule has 174 valence electrons. The second kappa shape index (κ2) is 14.1. The van der Waals surface area contributed by atoms with Gasteiger partial charge in [0.15, 0.2) is 5.96 Å². The average molecular weight is 550 g/mol. The summed E-state index contributed by atoms with van der Waals surface area (Å²) in [5.41, 5.74) is 2.58. The molecule has 2 unspecified atom stereocenters. The maximum Gasteiger partial charge on any atom is 0.243 e. The Morgan fingerprint density at radius 3 is 2.41 bits per heavy atom. The van der Waals surface area contributed by atoms with Crippen molar-refractivity contribution in [3.05, 3.63) is 71.8 Å². The van der Waals surface area contributed by atoms with Crippen LogP contribution in [0, 0.1) is 0 Å². The van der Waals surface area contributed by atoms with Gasteiger partial charge in [-0.2, -0.15) is 0 Å². The summed E-state index contributed by atoms with van der Waals surface area (Å²) >= 11 is 0. The Bertz CT molecular complexity index is 824. The fraction of sp³-hybridized carbons (Fsp3) is 0.440. The largest absolute Gasteiger partial charge is 0.376 e. The summed E-state index contributed by atoms with van der Waals surface area (Å²) in [6.07, 6.45) is 3.27. The van der Waals surface area contributed by atoms with Crippen LogP contribution in [0.25, 0.3) is 0 Å². The monoisotopic (exact) mass is 550 g/mol. The van der Waals surface area contributed by atoms with Crippen LogP contribution in [0.5, 0.6) is 0 Å². The number of aliphatic imine (C=N–C) groups is 1. The highest BCUT2D eigenvalue weighted by atomic mass is 127. The lowest BCUT2D eigenvalue weighted by molar-refractivity contribution is -0.127. The molecule has 0 radical (unpaired) electrons. The quantitative estimate of drug-likeness (QED) is 0.285. The van der Waals surface area contributed by atoms with Gasteiger partial charge in [0.25, 0.3) is 0 Å². The number of benzene rings is 2. The van der Waals surface area contributed by atoms with Crippen LogP contribution in [0.15, 0.2) is 65.7 Å². The van der Waals surface area contributed by atoms with Crippen LogP contribution >= 0.6 is 24.0 Å². The summed E-state index contributed by atoms with van der Waals surface area (Å²) in [7, 11) is 3.49. The highest BCUT2D eigenvalue weighted by Crippen LogP contribution is 2.20. The van der Waals surface area contributed by atoms with Crippen LogP contribution in [0.4, 0.5) is 0 Å². The van der Waals surface area contributed by atoms with Crippen LogP contribution in [-0.2, 0) is 16.0 Å². The first-order valence-electron chi connectivity index (χ1n) is 11.0. The summed E-state index contributed by atoms with van der Waals surface area (Å²) in [5, 5.41) is 6.84. The topological polar surface area (TPSA) is 66.0 Å². The summed E-state index contributed by atoms with van der Waals surface area (Å²) in [6, 6.07) is 21.1. The van der Waals surface area contributed by atoms with E-state index in [2.05, 4.69) is 64.2 Å². The number of hydrogen-bond donors (Lipinski definition) is 2. The van der Waals surface area contributed by atoms with Gasteiger partial charge in [0.2, 0.25) is 5.91 Å². The molecule has 1 saturated heterocycles. The number of likely N-dealkylation sites (N-methyl/N-ethyl adjacent to an activating group) is 1. The van der Waals surface area contributed by atoms with Crippen LogP contribution in [0.3, 0.4) is 0 Å². The van der Waals surface area contributed by atoms with E-state index < -0.39 is 0 Å². The first-order chi connectivity index (χ1) is 15.1. The molecule has 1 amide bonds. The maximum atomic E-state index is 12.0. The van der Waals surface area contributed by atoms with Gasteiger partial charge >= 0.3 is 0 Å². The minimum atomic E-state index is -0.0258. The van der Waals surface area contributed by atoms with E-state index in [1.165, 1.54) is 11.1 Å². The van der Waals surface area contributed by atoms with E-state index in [0.29, 0.717) is 19.0 Å². The molecule has 2 aromatic carbocycles. The number of nitrogens with one attached hydrogen (secondary N) is 2. The molecular weight excluding hydrogens is 515 g/mol. The molecular formula is C25H35IN4O2. The zero-order valence-electron chi connectivity index (χ0n) is 19.0. The molecule has 7 heteroatoms. The lowest BCUT2D eigenvalue weighted by atomic mass is 9.92. The van der Waals surface area contributed by atoms with Crippen LogP contribution in [-0.4, -0.2) is 63.2 Å². The minimum Gasteiger partial charge on any atom is -0.376 e. The Labute approximate surface area is 208 Å². The smallest absolute Gasteiger partial charge is 0.243 e. The zero-order valence-corrected chi connectivity index (χ0v) is 21.3. The van der Waals surface area contributed by atoms with Gasteiger partial charge in [-0.05, 0) is 30.4 Å². The molecule has 0 bridgehead atoms. The summed E-state index contributed by atoms with van der Waals surface area (Å²) in [5.74, 6) is 0.907. The number of halogens is 1. The lowest BCUT2D eigenvalue weighted by Crippen LogP contribution is -2.43. The number of ether oxygens (including phenoxy) is 1. The van der Waals surface area contributed by atoms with E-state index in [9.17, 15) is 4.79 Å². The van der Waals surface area contributed by atoms with Crippen LogP contribution in [0.2, 0.25) is 0 Å². The minimum absolute atomic E-state index is 0. The summed E-state index contributed by atoms with van der Waals surface area (Å²) in [4.78, 5) is 18.1. The van der Waals surface area contributed by atoms with Gasteiger partial charge in [0.1, 0.15) is 6.54 Å². The normalized spacial score (nSPS) is 16.7. The molecule has 32 heavy (non-hydrogen) atoms. The van der Waals surface area contributed by atoms with Gasteiger partial charge in [-0.3, -0.25) is 4.79 Å². The number of rotatable bonds is 9. The Morgan fingerprint density at radius 1 is 1.09 bits per heavy atom. The van der Waals surface area contributed by atoms with E-state index >= 15 is 0 Å². The van der Waals surface area contributed by atoms with Gasteiger partial charge in [0.05, 0.1) is 6.10 Å². The molecule has 1 aliphatic heterocycles. The highest BCUT2D eigenvalue weighted by molar-refractivity contribution is 14.0. The first-order valence-corrected chi connectivity index (χ1v) is 11.0. The number of carbonyl (C=O) groups excluding carboxylic acids is 1. The van der Waals surface area contributed by atoms with Crippen molar-refractivity contribution in [1.29, 1.82) is 0 Å². The van der Waals surface area contributed by atoms with Gasteiger partial charge in [0, 0.05) is 39.7 Å². The number of amides is 1. The highest BCUT2D eigenvalue weighted by Gasteiger charge is 2.17.